The number of carbonyl (C=O) groups is 1. The normalized spacial score (nSPS) is 11.2. The molecular formula is C19H25N3O3S. The third-order valence-electron chi connectivity index (χ3n) is 3.89. The van der Waals surface area contributed by atoms with Crippen molar-refractivity contribution in [2.45, 2.75) is 18.2 Å². The van der Waals surface area contributed by atoms with Gasteiger partial charge in [-0.25, -0.2) is 8.42 Å². The molecule has 140 valence electrons. The van der Waals surface area contributed by atoms with Gasteiger partial charge in [-0.1, -0.05) is 35.9 Å². The van der Waals surface area contributed by atoms with Gasteiger partial charge >= 0.3 is 0 Å². The molecule has 2 N–H and O–H groups in total. The number of sulfonamides is 1. The van der Waals surface area contributed by atoms with E-state index in [4.69, 9.17) is 0 Å². The number of carbonyl (C=O) groups excluding carboxylic acids is 1. The van der Waals surface area contributed by atoms with Crippen molar-refractivity contribution in [2.75, 3.05) is 31.0 Å². The Morgan fingerprint density at radius 2 is 1.65 bits per heavy atom. The van der Waals surface area contributed by atoms with Crippen molar-refractivity contribution in [2.24, 2.45) is 0 Å². The smallest absolute Gasteiger partial charge is 0.264 e. The second-order valence-electron chi connectivity index (χ2n) is 5.93. The molecule has 0 bridgehead atoms. The summed E-state index contributed by atoms with van der Waals surface area (Å²) < 4.78 is 27.4. The number of hydrogen-bond acceptors (Lipinski definition) is 4. The zero-order valence-electron chi connectivity index (χ0n) is 15.1. The highest BCUT2D eigenvalue weighted by atomic mass is 32.2. The Morgan fingerprint density at radius 3 is 2.27 bits per heavy atom. The van der Waals surface area contributed by atoms with Crippen LogP contribution in [-0.4, -0.2) is 41.0 Å². The number of nitrogens with one attached hydrogen (secondary N) is 2. The molecule has 0 unspecified atom stereocenters. The monoisotopic (exact) mass is 375 g/mol. The van der Waals surface area contributed by atoms with Crippen LogP contribution in [-0.2, 0) is 14.8 Å². The second kappa shape index (κ2) is 9.35. The van der Waals surface area contributed by atoms with Crippen molar-refractivity contribution in [1.82, 2.24) is 10.6 Å². The van der Waals surface area contributed by atoms with Crippen LogP contribution >= 0.6 is 0 Å². The highest BCUT2D eigenvalue weighted by molar-refractivity contribution is 7.92. The lowest BCUT2D eigenvalue weighted by atomic mass is 10.2. The van der Waals surface area contributed by atoms with Gasteiger partial charge < -0.3 is 10.6 Å². The fourth-order valence-electron chi connectivity index (χ4n) is 2.44. The first-order valence-electron chi connectivity index (χ1n) is 8.51. The molecule has 0 spiro atoms. The van der Waals surface area contributed by atoms with Gasteiger partial charge in [0.05, 0.1) is 10.6 Å². The summed E-state index contributed by atoms with van der Waals surface area (Å²) in [5.41, 5.74) is 1.58. The Morgan fingerprint density at radius 1 is 1.00 bits per heavy atom. The second-order valence-corrected chi connectivity index (χ2v) is 7.79. The lowest BCUT2D eigenvalue weighted by Crippen LogP contribution is -2.36. The van der Waals surface area contributed by atoms with E-state index < -0.39 is 10.0 Å². The van der Waals surface area contributed by atoms with Crippen LogP contribution in [0.1, 0.15) is 12.0 Å². The number of nitrogens with zero attached hydrogens (tertiary/aromatic N) is 1. The molecule has 0 aromatic heterocycles. The first kappa shape index (κ1) is 19.9. The van der Waals surface area contributed by atoms with Crippen molar-refractivity contribution in [3.63, 3.8) is 0 Å². The van der Waals surface area contributed by atoms with E-state index in [1.165, 1.54) is 4.31 Å². The summed E-state index contributed by atoms with van der Waals surface area (Å²) in [4.78, 5) is 12.2. The largest absolute Gasteiger partial charge is 0.355 e. The van der Waals surface area contributed by atoms with Crippen LogP contribution in [0, 0.1) is 6.92 Å². The number of likely N-dealkylation sites (N-methyl/N-ethyl adjacent to an activating group) is 1. The van der Waals surface area contributed by atoms with Gasteiger partial charge in [-0.15, -0.1) is 0 Å². The highest BCUT2D eigenvalue weighted by Crippen LogP contribution is 2.24. The molecule has 0 atom stereocenters. The van der Waals surface area contributed by atoms with E-state index in [-0.39, 0.29) is 23.8 Å². The summed E-state index contributed by atoms with van der Waals surface area (Å²) in [6, 6.07) is 15.5. The SMILES string of the molecule is CNCCNC(=O)CCN(c1ccc(C)cc1)S(=O)(=O)c1ccccc1. The maximum Gasteiger partial charge on any atom is 0.264 e. The Bertz CT molecular complexity index is 806. The molecule has 0 heterocycles. The minimum atomic E-state index is -3.75. The number of hydrogen-bond donors (Lipinski definition) is 2. The molecule has 0 aliphatic rings. The lowest BCUT2D eigenvalue weighted by Gasteiger charge is -2.24. The summed E-state index contributed by atoms with van der Waals surface area (Å²) in [6.45, 7) is 3.18. The predicted molar refractivity (Wildman–Crippen MR) is 104 cm³/mol. The van der Waals surface area contributed by atoms with Gasteiger partial charge in [-0.05, 0) is 38.2 Å². The van der Waals surface area contributed by atoms with E-state index in [0.717, 1.165) is 5.56 Å². The van der Waals surface area contributed by atoms with Crippen molar-refractivity contribution in [3.05, 3.63) is 60.2 Å². The average molecular weight is 375 g/mol. The fraction of sp³-hybridized carbons (Fsp3) is 0.316. The molecule has 0 aliphatic heterocycles. The maximum atomic E-state index is 13.1. The molecule has 6 nitrogen and oxygen atoms in total. The zero-order valence-corrected chi connectivity index (χ0v) is 15.9. The Kier molecular flexibility index (Phi) is 7.17. The van der Waals surface area contributed by atoms with Crippen molar-refractivity contribution in [1.29, 1.82) is 0 Å². The van der Waals surface area contributed by atoms with Crippen LogP contribution in [0.5, 0.6) is 0 Å². The van der Waals surface area contributed by atoms with Gasteiger partial charge in [0.25, 0.3) is 10.0 Å². The maximum absolute atomic E-state index is 13.1. The molecule has 0 saturated heterocycles. The van der Waals surface area contributed by atoms with E-state index in [0.29, 0.717) is 18.8 Å². The van der Waals surface area contributed by atoms with Crippen LogP contribution in [0.2, 0.25) is 0 Å². The summed E-state index contributed by atoms with van der Waals surface area (Å²) in [6.07, 6.45) is 0.0870. The first-order chi connectivity index (χ1) is 12.4. The highest BCUT2D eigenvalue weighted by Gasteiger charge is 2.25. The third-order valence-corrected chi connectivity index (χ3v) is 5.73. The number of anilines is 1. The Labute approximate surface area is 155 Å². The van der Waals surface area contributed by atoms with Gasteiger partial charge in [0.2, 0.25) is 5.91 Å². The standard InChI is InChI=1S/C19H25N3O3S/c1-16-8-10-17(11-9-16)22(15-12-19(23)21-14-13-20-2)26(24,25)18-6-4-3-5-7-18/h3-11,20H,12-15H2,1-2H3,(H,21,23). The van der Waals surface area contributed by atoms with E-state index in [9.17, 15) is 13.2 Å². The molecule has 1 amide bonds. The number of rotatable bonds is 9. The number of aryl methyl sites for hydroxylation is 1. The van der Waals surface area contributed by atoms with Gasteiger partial charge in [0, 0.05) is 26.1 Å². The van der Waals surface area contributed by atoms with Gasteiger partial charge in [-0.2, -0.15) is 0 Å². The van der Waals surface area contributed by atoms with Gasteiger partial charge in [-0.3, -0.25) is 9.10 Å². The molecule has 2 aromatic rings. The minimum Gasteiger partial charge on any atom is -0.355 e. The molecule has 2 aromatic carbocycles. The van der Waals surface area contributed by atoms with Crippen LogP contribution in [0.25, 0.3) is 0 Å². The first-order valence-corrected chi connectivity index (χ1v) is 9.95. The van der Waals surface area contributed by atoms with Crippen molar-refractivity contribution >= 4 is 21.6 Å². The van der Waals surface area contributed by atoms with E-state index in [2.05, 4.69) is 10.6 Å². The van der Waals surface area contributed by atoms with Crippen LogP contribution in [0.3, 0.4) is 0 Å². The average Bonchev–Trinajstić information content (AvgIpc) is 2.64. The molecule has 0 saturated carbocycles. The molecule has 7 heteroatoms. The Hall–Kier alpha value is -2.38. The molecule has 2 rings (SSSR count). The van der Waals surface area contributed by atoms with Crippen LogP contribution < -0.4 is 14.9 Å². The fourth-order valence-corrected chi connectivity index (χ4v) is 3.92. The summed E-state index contributed by atoms with van der Waals surface area (Å²) in [5, 5.41) is 5.71. The van der Waals surface area contributed by atoms with Crippen molar-refractivity contribution < 1.29 is 13.2 Å². The van der Waals surface area contributed by atoms with Crippen LogP contribution in [0.15, 0.2) is 59.5 Å². The molecule has 0 aliphatic carbocycles. The Balaban J connectivity index is 2.23. The summed E-state index contributed by atoms with van der Waals surface area (Å²) in [7, 11) is -1.94. The van der Waals surface area contributed by atoms with E-state index >= 15 is 0 Å². The third kappa shape index (κ3) is 5.31. The number of amides is 1. The predicted octanol–water partition coefficient (Wildman–Crippen LogP) is 1.92. The molecule has 26 heavy (non-hydrogen) atoms. The van der Waals surface area contributed by atoms with E-state index in [1.54, 1.807) is 49.5 Å². The topological polar surface area (TPSA) is 78.5 Å². The van der Waals surface area contributed by atoms with Crippen molar-refractivity contribution in [3.8, 4) is 0 Å². The lowest BCUT2D eigenvalue weighted by molar-refractivity contribution is -0.120. The molecular weight excluding hydrogens is 350 g/mol. The van der Waals surface area contributed by atoms with E-state index in [1.807, 2.05) is 19.1 Å². The quantitative estimate of drug-likeness (QED) is 0.657. The minimum absolute atomic E-state index is 0.0751. The summed E-state index contributed by atoms with van der Waals surface area (Å²) >= 11 is 0. The molecule has 0 radical (unpaired) electrons. The van der Waals surface area contributed by atoms with Gasteiger partial charge in [0.15, 0.2) is 0 Å². The molecule has 0 fully saturated rings. The zero-order chi connectivity index (χ0) is 19.0. The van der Waals surface area contributed by atoms with Gasteiger partial charge in [0.1, 0.15) is 0 Å². The number of benzene rings is 2. The van der Waals surface area contributed by atoms with Crippen LogP contribution in [0.4, 0.5) is 5.69 Å². The summed E-state index contributed by atoms with van der Waals surface area (Å²) in [5.74, 6) is -0.180.